The highest BCUT2D eigenvalue weighted by Crippen LogP contribution is 2.34. The molecule has 1 aliphatic rings. The Morgan fingerprint density at radius 2 is 2.05 bits per heavy atom. The molecular weight excluding hydrogens is 578 g/mol. The predicted octanol–water partition coefficient (Wildman–Crippen LogP) is 3.74. The number of hydrogen-bond acceptors (Lipinski definition) is 9. The number of ether oxygens (including phenoxy) is 2. The first-order valence-corrected chi connectivity index (χ1v) is 13.0. The van der Waals surface area contributed by atoms with Crippen LogP contribution in [0.25, 0.3) is 6.08 Å². The first-order chi connectivity index (χ1) is 18.2. The molecule has 2 aromatic carbocycles. The lowest BCUT2D eigenvalue weighted by Crippen LogP contribution is -2.39. The molecule has 12 heteroatoms. The first-order valence-electron chi connectivity index (χ1n) is 11.4. The summed E-state index contributed by atoms with van der Waals surface area (Å²) >= 11 is 4.15. The number of phenolic OH excluding ortho intramolecular Hbond substituents is 1. The summed E-state index contributed by atoms with van der Waals surface area (Å²) in [6, 6.07) is 8.46. The largest absolute Gasteiger partial charge is 0.506 e. The fraction of sp³-hybridized carbons (Fsp3) is 0.192. The number of aromatic hydroxyl groups is 1. The van der Waals surface area contributed by atoms with Gasteiger partial charge in [0, 0.05) is 17.7 Å². The van der Waals surface area contributed by atoms with Crippen LogP contribution >= 0.6 is 27.3 Å². The molecular formula is C26H22BrN3O7S. The number of allylic oxidation sites excluding steroid dienone is 1. The second-order valence-electron chi connectivity index (χ2n) is 8.09. The van der Waals surface area contributed by atoms with Crippen LogP contribution in [0, 0.1) is 10.1 Å². The maximum absolute atomic E-state index is 13.7. The van der Waals surface area contributed by atoms with E-state index in [-0.39, 0.29) is 38.2 Å². The molecule has 1 aliphatic heterocycles. The minimum atomic E-state index is -0.841. The summed E-state index contributed by atoms with van der Waals surface area (Å²) in [6.07, 6.45) is 2.98. The molecule has 0 aliphatic carbocycles. The summed E-state index contributed by atoms with van der Waals surface area (Å²) in [4.78, 5) is 42.2. The van der Waals surface area contributed by atoms with Crippen molar-refractivity contribution in [2.75, 3.05) is 13.2 Å². The zero-order chi connectivity index (χ0) is 27.6. The molecule has 2 heterocycles. The Morgan fingerprint density at radius 3 is 2.68 bits per heavy atom. The van der Waals surface area contributed by atoms with E-state index in [0.29, 0.717) is 28.4 Å². The van der Waals surface area contributed by atoms with Gasteiger partial charge in [-0.1, -0.05) is 36.1 Å². The normalized spacial score (nSPS) is 15.0. The number of aromatic nitrogens is 1. The molecule has 0 amide bonds. The van der Waals surface area contributed by atoms with Gasteiger partial charge in [0.2, 0.25) is 0 Å². The molecule has 0 spiro atoms. The quantitative estimate of drug-likeness (QED) is 0.180. The predicted molar refractivity (Wildman–Crippen MR) is 145 cm³/mol. The van der Waals surface area contributed by atoms with Crippen molar-refractivity contribution < 1.29 is 24.3 Å². The van der Waals surface area contributed by atoms with Crippen molar-refractivity contribution in [2.24, 2.45) is 4.99 Å². The van der Waals surface area contributed by atoms with E-state index in [2.05, 4.69) is 27.5 Å². The smallest absolute Gasteiger partial charge is 0.338 e. The maximum atomic E-state index is 13.7. The van der Waals surface area contributed by atoms with Gasteiger partial charge in [0.25, 0.3) is 11.2 Å². The van der Waals surface area contributed by atoms with Crippen LogP contribution in [-0.2, 0) is 9.53 Å². The fourth-order valence-corrected chi connectivity index (χ4v) is 5.47. The lowest BCUT2D eigenvalue weighted by Gasteiger charge is -2.24. The van der Waals surface area contributed by atoms with Crippen LogP contribution < -0.4 is 19.6 Å². The number of nitro benzene ring substituents is 1. The van der Waals surface area contributed by atoms with Gasteiger partial charge in [-0.05, 0) is 53.5 Å². The number of thiazole rings is 1. The number of esters is 1. The maximum Gasteiger partial charge on any atom is 0.338 e. The molecule has 38 heavy (non-hydrogen) atoms. The number of carbonyl (C=O) groups excluding carboxylic acids is 1. The Bertz CT molecular complexity index is 1660. The molecule has 0 saturated carbocycles. The van der Waals surface area contributed by atoms with E-state index in [1.807, 2.05) is 0 Å². The molecule has 1 atom stereocenters. The average Bonchev–Trinajstić information content (AvgIpc) is 3.19. The summed E-state index contributed by atoms with van der Waals surface area (Å²) in [5.74, 6) is -0.261. The van der Waals surface area contributed by atoms with E-state index in [4.69, 9.17) is 9.47 Å². The van der Waals surface area contributed by atoms with Crippen LogP contribution in [0.2, 0.25) is 0 Å². The van der Waals surface area contributed by atoms with Crippen LogP contribution in [0.3, 0.4) is 0 Å². The molecule has 0 unspecified atom stereocenters. The highest BCUT2D eigenvalue weighted by atomic mass is 79.9. The number of hydrogen-bond donors (Lipinski definition) is 1. The lowest BCUT2D eigenvalue weighted by atomic mass is 9.96. The van der Waals surface area contributed by atoms with Gasteiger partial charge in [0.15, 0.2) is 4.80 Å². The number of carbonyl (C=O) groups is 1. The van der Waals surface area contributed by atoms with Gasteiger partial charge in [-0.3, -0.25) is 19.5 Å². The molecule has 3 aromatic rings. The Hall–Kier alpha value is -4.03. The van der Waals surface area contributed by atoms with Crippen LogP contribution in [0.1, 0.15) is 31.0 Å². The molecule has 1 N–H and O–H groups in total. The average molecular weight is 600 g/mol. The molecule has 0 fully saturated rings. The highest BCUT2D eigenvalue weighted by molar-refractivity contribution is 9.10. The molecule has 0 saturated heterocycles. The van der Waals surface area contributed by atoms with Crippen LogP contribution in [0.5, 0.6) is 11.5 Å². The number of nitro groups is 1. The third kappa shape index (κ3) is 5.18. The second-order valence-corrected chi connectivity index (χ2v) is 9.96. The van der Waals surface area contributed by atoms with Crippen molar-refractivity contribution in [3.8, 4) is 11.5 Å². The summed E-state index contributed by atoms with van der Waals surface area (Å²) in [5, 5.41) is 21.8. The van der Waals surface area contributed by atoms with Crippen molar-refractivity contribution in [3.63, 3.8) is 0 Å². The van der Waals surface area contributed by atoms with Gasteiger partial charge in [-0.15, -0.1) is 0 Å². The molecule has 0 bridgehead atoms. The molecule has 0 radical (unpaired) electrons. The van der Waals surface area contributed by atoms with Gasteiger partial charge in [-0.2, -0.15) is 0 Å². The zero-order valence-corrected chi connectivity index (χ0v) is 22.7. The van der Waals surface area contributed by atoms with Crippen molar-refractivity contribution in [3.05, 3.63) is 106 Å². The highest BCUT2D eigenvalue weighted by Gasteiger charge is 2.33. The van der Waals surface area contributed by atoms with Crippen molar-refractivity contribution >= 4 is 45.0 Å². The van der Waals surface area contributed by atoms with Crippen molar-refractivity contribution in [1.82, 2.24) is 4.57 Å². The Morgan fingerprint density at radius 1 is 1.34 bits per heavy atom. The summed E-state index contributed by atoms with van der Waals surface area (Å²) in [6.45, 7) is 7.45. The number of phenols is 1. The Kier molecular flexibility index (Phi) is 7.93. The van der Waals surface area contributed by atoms with E-state index in [0.717, 1.165) is 11.3 Å². The minimum Gasteiger partial charge on any atom is -0.506 e. The first kappa shape index (κ1) is 27.0. The van der Waals surface area contributed by atoms with Gasteiger partial charge in [0.05, 0.1) is 37.8 Å². The van der Waals surface area contributed by atoms with Crippen molar-refractivity contribution in [1.29, 1.82) is 0 Å². The monoisotopic (exact) mass is 599 g/mol. The van der Waals surface area contributed by atoms with E-state index in [1.165, 1.54) is 22.8 Å². The summed E-state index contributed by atoms with van der Waals surface area (Å²) in [7, 11) is 0. The lowest BCUT2D eigenvalue weighted by molar-refractivity contribution is -0.385. The molecule has 196 valence electrons. The second kappa shape index (κ2) is 11.2. The van der Waals surface area contributed by atoms with Gasteiger partial charge < -0.3 is 14.6 Å². The fourth-order valence-electron chi connectivity index (χ4n) is 3.97. The molecule has 10 nitrogen and oxygen atoms in total. The minimum absolute atomic E-state index is 0.0814. The Labute approximate surface area is 228 Å². The summed E-state index contributed by atoms with van der Waals surface area (Å²) < 4.78 is 12.5. The van der Waals surface area contributed by atoms with E-state index >= 15 is 0 Å². The van der Waals surface area contributed by atoms with E-state index in [9.17, 15) is 24.8 Å². The van der Waals surface area contributed by atoms with Gasteiger partial charge >= 0.3 is 5.97 Å². The number of benzene rings is 2. The van der Waals surface area contributed by atoms with Gasteiger partial charge in [-0.25, -0.2) is 9.79 Å². The Balaban J connectivity index is 1.93. The number of rotatable bonds is 8. The SMILES string of the molecule is C=CCOc1ccc([C@@H]2C(C(=O)OCC)=C(C)N=c3s/c(=C\c4cc([N+](=O)[O-])cc(Br)c4O)c(=O)n32)cc1. The molecule has 1 aromatic heterocycles. The summed E-state index contributed by atoms with van der Waals surface area (Å²) in [5.41, 5.74) is 0.577. The third-order valence-corrected chi connectivity index (χ3v) is 7.24. The third-order valence-electron chi connectivity index (χ3n) is 5.66. The number of non-ortho nitro benzene ring substituents is 1. The number of halogens is 1. The number of nitrogens with zero attached hydrogens (tertiary/aromatic N) is 3. The van der Waals surface area contributed by atoms with E-state index < -0.39 is 22.5 Å². The number of fused-ring (bicyclic) bond motifs is 1. The van der Waals surface area contributed by atoms with E-state index in [1.54, 1.807) is 44.2 Å². The zero-order valence-electron chi connectivity index (χ0n) is 20.3. The van der Waals surface area contributed by atoms with Crippen LogP contribution in [-0.4, -0.2) is 33.8 Å². The van der Waals surface area contributed by atoms with Crippen LogP contribution in [0.15, 0.2) is 74.6 Å². The van der Waals surface area contributed by atoms with Gasteiger partial charge in [0.1, 0.15) is 18.1 Å². The van der Waals surface area contributed by atoms with Crippen molar-refractivity contribution in [2.45, 2.75) is 19.9 Å². The van der Waals surface area contributed by atoms with Crippen LogP contribution in [0.4, 0.5) is 5.69 Å². The topological polar surface area (TPSA) is 133 Å². The standard InChI is InChI=1S/C26H22BrN3O7S/c1-4-10-37-18-8-6-15(7-9-18)22-21(25(33)36-5-2)14(3)28-26-29(22)24(32)20(38-26)12-16-11-17(30(34)35)13-19(27)23(16)31/h4,6-9,11-13,22,31H,1,5,10H2,2-3H3/b20-12-/t22-/m1/s1. The molecule has 4 rings (SSSR count).